The lowest BCUT2D eigenvalue weighted by Crippen LogP contribution is -2.38. The Morgan fingerprint density at radius 2 is 1.66 bits per heavy atom. The average molecular weight is 492 g/mol. The molecule has 0 atom stereocenters. The number of amides is 2. The van der Waals surface area contributed by atoms with Crippen molar-refractivity contribution < 1.29 is 24.2 Å². The third-order valence-electron chi connectivity index (χ3n) is 6.63. The predicted molar refractivity (Wildman–Crippen MR) is 132 cm³/mol. The number of carbonyl (C=O) groups excluding carboxylic acids is 2. The maximum absolute atomic E-state index is 12.8. The lowest BCUT2D eigenvalue weighted by atomic mass is 9.93. The Balaban J connectivity index is 1.16. The number of ether oxygens (including phenoxy) is 1. The second-order valence-electron chi connectivity index (χ2n) is 8.81. The summed E-state index contributed by atoms with van der Waals surface area (Å²) in [6.07, 6.45) is 2.31. The van der Waals surface area contributed by atoms with E-state index in [1.165, 1.54) is 6.20 Å². The standard InChI is InChI=1S/C26H25N3O5S/c30-23(31)13-16-9-11-29(12-10-16)24(32)22-14-27-25(35-22)28-26(33)34-15-21-19-7-3-1-5-17(19)18-6-2-4-8-20(18)21/h1-8,14,16,21H,9-13,15H2,(H,30,31)(H,27,28,33). The monoisotopic (exact) mass is 491 g/mol. The molecule has 3 aromatic rings. The zero-order chi connectivity index (χ0) is 24.4. The second kappa shape index (κ2) is 9.87. The first-order valence-electron chi connectivity index (χ1n) is 11.6. The largest absolute Gasteiger partial charge is 0.481 e. The van der Waals surface area contributed by atoms with Crippen molar-refractivity contribution in [1.82, 2.24) is 9.88 Å². The van der Waals surface area contributed by atoms with Crippen LogP contribution in [0.3, 0.4) is 0 Å². The number of carboxylic acid groups (broad SMARTS) is 1. The molecule has 9 heteroatoms. The van der Waals surface area contributed by atoms with E-state index in [1.807, 2.05) is 24.3 Å². The number of anilines is 1. The van der Waals surface area contributed by atoms with E-state index in [4.69, 9.17) is 9.84 Å². The quantitative estimate of drug-likeness (QED) is 0.511. The number of nitrogens with one attached hydrogen (secondary N) is 1. The van der Waals surface area contributed by atoms with E-state index in [-0.39, 0.29) is 30.8 Å². The van der Waals surface area contributed by atoms with Gasteiger partial charge in [-0.1, -0.05) is 59.9 Å². The molecule has 1 aliphatic carbocycles. The van der Waals surface area contributed by atoms with Gasteiger partial charge in [0.15, 0.2) is 5.13 Å². The molecule has 2 N–H and O–H groups in total. The number of piperidine rings is 1. The lowest BCUT2D eigenvalue weighted by Gasteiger charge is -2.30. The Morgan fingerprint density at radius 3 is 2.29 bits per heavy atom. The van der Waals surface area contributed by atoms with Gasteiger partial charge in [-0.15, -0.1) is 0 Å². The van der Waals surface area contributed by atoms with Crippen molar-refractivity contribution in [2.45, 2.75) is 25.2 Å². The summed E-state index contributed by atoms with van der Waals surface area (Å²) in [5.41, 5.74) is 4.59. The first-order valence-corrected chi connectivity index (χ1v) is 12.4. The van der Waals surface area contributed by atoms with E-state index in [2.05, 4.69) is 34.6 Å². The number of benzene rings is 2. The minimum atomic E-state index is -0.804. The van der Waals surface area contributed by atoms with Gasteiger partial charge in [0, 0.05) is 25.4 Å². The molecule has 5 rings (SSSR count). The molecule has 1 aliphatic heterocycles. The highest BCUT2D eigenvalue weighted by molar-refractivity contribution is 7.17. The molecule has 0 unspecified atom stereocenters. The van der Waals surface area contributed by atoms with Gasteiger partial charge in [-0.3, -0.25) is 14.9 Å². The Bertz CT molecular complexity index is 1220. The Hall–Kier alpha value is -3.72. The van der Waals surface area contributed by atoms with Crippen molar-refractivity contribution in [2.75, 3.05) is 25.0 Å². The van der Waals surface area contributed by atoms with Crippen LogP contribution >= 0.6 is 11.3 Å². The van der Waals surface area contributed by atoms with Crippen LogP contribution in [0.1, 0.15) is 46.0 Å². The fourth-order valence-corrected chi connectivity index (χ4v) is 5.67. The molecule has 0 spiro atoms. The van der Waals surface area contributed by atoms with Gasteiger partial charge < -0.3 is 14.7 Å². The second-order valence-corrected chi connectivity index (χ2v) is 9.84. The van der Waals surface area contributed by atoms with Crippen LogP contribution < -0.4 is 5.32 Å². The van der Waals surface area contributed by atoms with Crippen LogP contribution in [0.4, 0.5) is 9.93 Å². The number of carboxylic acids is 1. The number of fused-ring (bicyclic) bond motifs is 3. The van der Waals surface area contributed by atoms with Crippen LogP contribution in [0, 0.1) is 5.92 Å². The number of aromatic nitrogens is 1. The summed E-state index contributed by atoms with van der Waals surface area (Å²) in [5, 5.41) is 11.9. The molecule has 2 aromatic carbocycles. The van der Waals surface area contributed by atoms with E-state index in [0.29, 0.717) is 35.9 Å². The molecular formula is C26H25N3O5S. The van der Waals surface area contributed by atoms with Crippen LogP contribution in [-0.4, -0.2) is 52.7 Å². The van der Waals surface area contributed by atoms with Crippen LogP contribution in [-0.2, 0) is 9.53 Å². The molecule has 1 fully saturated rings. The number of hydrogen-bond acceptors (Lipinski definition) is 6. The highest BCUT2D eigenvalue weighted by atomic mass is 32.1. The summed E-state index contributed by atoms with van der Waals surface area (Å²) >= 11 is 1.10. The molecule has 2 heterocycles. The summed E-state index contributed by atoms with van der Waals surface area (Å²) in [6.45, 7) is 1.23. The number of thiazole rings is 1. The van der Waals surface area contributed by atoms with E-state index >= 15 is 0 Å². The Morgan fingerprint density at radius 1 is 1.03 bits per heavy atom. The number of hydrogen-bond donors (Lipinski definition) is 2. The fraction of sp³-hybridized carbons (Fsp3) is 0.308. The molecule has 180 valence electrons. The van der Waals surface area contributed by atoms with Crippen LogP contribution in [0.2, 0.25) is 0 Å². The molecule has 35 heavy (non-hydrogen) atoms. The van der Waals surface area contributed by atoms with Gasteiger partial charge in [0.2, 0.25) is 0 Å². The third kappa shape index (κ3) is 4.90. The van der Waals surface area contributed by atoms with Gasteiger partial charge in [-0.25, -0.2) is 9.78 Å². The van der Waals surface area contributed by atoms with Gasteiger partial charge in [0.05, 0.1) is 6.20 Å². The summed E-state index contributed by atoms with van der Waals surface area (Å²) in [4.78, 5) is 42.5. The fourth-order valence-electron chi connectivity index (χ4n) is 4.90. The van der Waals surface area contributed by atoms with Crippen molar-refractivity contribution in [3.63, 3.8) is 0 Å². The normalized spacial score (nSPS) is 15.4. The highest BCUT2D eigenvalue weighted by Crippen LogP contribution is 2.44. The zero-order valence-corrected chi connectivity index (χ0v) is 19.8. The molecule has 0 saturated carbocycles. The minimum Gasteiger partial charge on any atom is -0.481 e. The molecule has 2 aliphatic rings. The zero-order valence-electron chi connectivity index (χ0n) is 19.0. The topological polar surface area (TPSA) is 109 Å². The average Bonchev–Trinajstić information content (AvgIpc) is 3.45. The van der Waals surface area contributed by atoms with Crippen LogP contribution in [0.25, 0.3) is 11.1 Å². The van der Waals surface area contributed by atoms with Gasteiger partial charge >= 0.3 is 12.1 Å². The van der Waals surface area contributed by atoms with E-state index in [9.17, 15) is 14.4 Å². The van der Waals surface area contributed by atoms with Crippen LogP contribution in [0.15, 0.2) is 54.7 Å². The molecule has 2 amide bonds. The smallest absolute Gasteiger partial charge is 0.413 e. The lowest BCUT2D eigenvalue weighted by molar-refractivity contribution is -0.138. The molecule has 8 nitrogen and oxygen atoms in total. The molecule has 0 bridgehead atoms. The van der Waals surface area contributed by atoms with Crippen molar-refractivity contribution in [1.29, 1.82) is 0 Å². The summed E-state index contributed by atoms with van der Waals surface area (Å²) in [6, 6.07) is 16.3. The predicted octanol–water partition coefficient (Wildman–Crippen LogP) is 4.83. The van der Waals surface area contributed by atoms with Crippen LogP contribution in [0.5, 0.6) is 0 Å². The molecule has 1 aromatic heterocycles. The summed E-state index contributed by atoms with van der Waals surface area (Å²) in [7, 11) is 0. The molecule has 0 radical (unpaired) electrons. The summed E-state index contributed by atoms with van der Waals surface area (Å²) in [5.74, 6) is -0.896. The SMILES string of the molecule is O=C(O)CC1CCN(C(=O)c2cnc(NC(=O)OCC3c4ccccc4-c4ccccc43)s2)CC1. The van der Waals surface area contributed by atoms with Crippen molar-refractivity contribution >= 4 is 34.4 Å². The van der Waals surface area contributed by atoms with E-state index < -0.39 is 12.1 Å². The number of carbonyl (C=O) groups is 3. The first-order chi connectivity index (χ1) is 17.0. The minimum absolute atomic E-state index is 0.0364. The maximum Gasteiger partial charge on any atom is 0.413 e. The number of likely N-dealkylation sites (tertiary alicyclic amines) is 1. The third-order valence-corrected chi connectivity index (χ3v) is 7.53. The first kappa shape index (κ1) is 23.0. The Labute approximate surface area is 206 Å². The van der Waals surface area contributed by atoms with Crippen molar-refractivity contribution in [3.8, 4) is 11.1 Å². The number of aliphatic carboxylic acids is 1. The number of rotatable bonds is 6. The highest BCUT2D eigenvalue weighted by Gasteiger charge is 2.29. The summed E-state index contributed by atoms with van der Waals surface area (Å²) < 4.78 is 5.55. The number of nitrogens with zero attached hydrogens (tertiary/aromatic N) is 2. The Kier molecular flexibility index (Phi) is 6.50. The van der Waals surface area contributed by atoms with E-state index in [1.54, 1.807) is 4.90 Å². The van der Waals surface area contributed by atoms with Crippen molar-refractivity contribution in [2.24, 2.45) is 5.92 Å². The van der Waals surface area contributed by atoms with Gasteiger partial charge in [-0.2, -0.15) is 0 Å². The van der Waals surface area contributed by atoms with Gasteiger partial charge in [-0.05, 0) is 41.0 Å². The maximum atomic E-state index is 12.8. The van der Waals surface area contributed by atoms with Crippen molar-refractivity contribution in [3.05, 3.63) is 70.7 Å². The van der Waals surface area contributed by atoms with E-state index in [0.717, 1.165) is 33.6 Å². The van der Waals surface area contributed by atoms with Gasteiger partial charge in [0.1, 0.15) is 11.5 Å². The molecular weight excluding hydrogens is 466 g/mol. The van der Waals surface area contributed by atoms with Gasteiger partial charge in [0.25, 0.3) is 5.91 Å². The molecule has 1 saturated heterocycles.